The largest absolute Gasteiger partial charge is 0.352 e. The number of rotatable bonds is 5. The average molecular weight is 284 g/mol. The molecule has 0 spiro atoms. The van der Waals surface area contributed by atoms with Gasteiger partial charge in [0.05, 0.1) is 0 Å². The van der Waals surface area contributed by atoms with Gasteiger partial charge in [0, 0.05) is 19.0 Å². The monoisotopic (exact) mass is 284 g/mol. The summed E-state index contributed by atoms with van der Waals surface area (Å²) >= 11 is 0. The summed E-state index contributed by atoms with van der Waals surface area (Å²) in [4.78, 5) is 14.4. The topological polar surface area (TPSA) is 32.3 Å². The van der Waals surface area contributed by atoms with Crippen molar-refractivity contribution in [3.8, 4) is 0 Å². The summed E-state index contributed by atoms with van der Waals surface area (Å²) in [6.45, 7) is 1.59. The molecule has 0 saturated heterocycles. The molecule has 112 valence electrons. The molecular weight excluding hydrogens is 260 g/mol. The Balaban J connectivity index is 1.51. The lowest BCUT2D eigenvalue weighted by Crippen LogP contribution is -2.32. The molecule has 1 amide bonds. The number of nitrogens with one attached hydrogen (secondary N) is 1. The molecule has 2 bridgehead atoms. The highest BCUT2D eigenvalue weighted by molar-refractivity contribution is 5.79. The van der Waals surface area contributed by atoms with E-state index in [-0.39, 0.29) is 11.8 Å². The first-order valence-electron chi connectivity index (χ1n) is 7.80. The van der Waals surface area contributed by atoms with Crippen molar-refractivity contribution in [1.82, 2.24) is 10.2 Å². The number of carbonyl (C=O) groups excluding carboxylic acids is 1. The molecule has 1 saturated carbocycles. The Morgan fingerprint density at radius 2 is 1.86 bits per heavy atom. The summed E-state index contributed by atoms with van der Waals surface area (Å²) in [7, 11) is 4.13. The average Bonchev–Trinajstić information content (AvgIpc) is 3.08. The van der Waals surface area contributed by atoms with Gasteiger partial charge in [-0.15, -0.1) is 0 Å². The molecule has 0 aromatic heterocycles. The van der Waals surface area contributed by atoms with Crippen LogP contribution in [0.5, 0.6) is 0 Å². The van der Waals surface area contributed by atoms with Crippen LogP contribution in [0.15, 0.2) is 36.4 Å². The number of hydrogen-bond acceptors (Lipinski definition) is 2. The first-order valence-corrected chi connectivity index (χ1v) is 7.80. The summed E-state index contributed by atoms with van der Waals surface area (Å²) in [5, 5.41) is 3.10. The summed E-state index contributed by atoms with van der Waals surface area (Å²) in [5.41, 5.74) is 2.47. The highest BCUT2D eigenvalue weighted by Gasteiger charge is 2.39. The second-order valence-electron chi connectivity index (χ2n) is 6.66. The minimum atomic E-state index is 0.202. The van der Waals surface area contributed by atoms with Gasteiger partial charge in [-0.25, -0.2) is 0 Å². The molecule has 21 heavy (non-hydrogen) atoms. The van der Waals surface area contributed by atoms with Crippen LogP contribution in [0.3, 0.4) is 0 Å². The molecule has 3 heteroatoms. The van der Waals surface area contributed by atoms with Crippen LogP contribution >= 0.6 is 0 Å². The molecule has 2 aliphatic carbocycles. The fourth-order valence-corrected chi connectivity index (χ4v) is 3.53. The Hall–Kier alpha value is -1.61. The van der Waals surface area contributed by atoms with Gasteiger partial charge in [-0.05, 0) is 49.9 Å². The zero-order valence-corrected chi connectivity index (χ0v) is 12.9. The standard InChI is InChI=1S/C18H24N2O/c1-20(2)12-14-5-3-13(4-6-14)11-19-18(21)17-10-15-7-8-16(17)9-15/h3-8,15-17H,9-12H2,1-2H3,(H,19,21). The maximum atomic E-state index is 12.3. The van der Waals surface area contributed by atoms with Crippen molar-refractivity contribution < 1.29 is 4.79 Å². The van der Waals surface area contributed by atoms with E-state index in [1.165, 1.54) is 17.5 Å². The summed E-state index contributed by atoms with van der Waals surface area (Å²) < 4.78 is 0. The van der Waals surface area contributed by atoms with Crippen molar-refractivity contribution in [3.05, 3.63) is 47.5 Å². The SMILES string of the molecule is CN(C)Cc1ccc(CNC(=O)C2CC3C=CC2C3)cc1. The van der Waals surface area contributed by atoms with Gasteiger partial charge in [0.25, 0.3) is 0 Å². The quantitative estimate of drug-likeness (QED) is 0.843. The number of allylic oxidation sites excluding steroid dienone is 2. The van der Waals surface area contributed by atoms with Gasteiger partial charge < -0.3 is 10.2 Å². The van der Waals surface area contributed by atoms with Crippen molar-refractivity contribution >= 4 is 5.91 Å². The number of nitrogens with zero attached hydrogens (tertiary/aromatic N) is 1. The van der Waals surface area contributed by atoms with Crippen molar-refractivity contribution in [3.63, 3.8) is 0 Å². The Bertz CT molecular complexity index is 533. The number of carbonyl (C=O) groups is 1. The zero-order chi connectivity index (χ0) is 14.8. The van der Waals surface area contributed by atoms with Gasteiger partial charge in [0.15, 0.2) is 0 Å². The maximum absolute atomic E-state index is 12.3. The lowest BCUT2D eigenvalue weighted by Gasteiger charge is -2.17. The predicted octanol–water partition coefficient (Wildman–Crippen LogP) is 2.58. The van der Waals surface area contributed by atoms with Crippen LogP contribution in [0.4, 0.5) is 0 Å². The van der Waals surface area contributed by atoms with Gasteiger partial charge in [0.1, 0.15) is 0 Å². The third-order valence-corrected chi connectivity index (χ3v) is 4.60. The van der Waals surface area contributed by atoms with E-state index in [1.54, 1.807) is 0 Å². The summed E-state index contributed by atoms with van der Waals surface area (Å²) in [6, 6.07) is 8.50. The molecule has 3 rings (SSSR count). The Labute approximate surface area is 127 Å². The van der Waals surface area contributed by atoms with E-state index in [0.29, 0.717) is 18.4 Å². The minimum Gasteiger partial charge on any atom is -0.352 e. The second-order valence-corrected chi connectivity index (χ2v) is 6.66. The van der Waals surface area contributed by atoms with Crippen LogP contribution in [0, 0.1) is 17.8 Å². The molecule has 3 unspecified atom stereocenters. The van der Waals surface area contributed by atoms with Crippen LogP contribution in [0.2, 0.25) is 0 Å². The van der Waals surface area contributed by atoms with E-state index in [0.717, 1.165) is 13.0 Å². The fraction of sp³-hybridized carbons (Fsp3) is 0.500. The van der Waals surface area contributed by atoms with Gasteiger partial charge in [-0.2, -0.15) is 0 Å². The molecule has 3 atom stereocenters. The van der Waals surface area contributed by atoms with Crippen molar-refractivity contribution in [2.24, 2.45) is 17.8 Å². The highest BCUT2D eigenvalue weighted by Crippen LogP contribution is 2.43. The first kappa shape index (κ1) is 14.3. The van der Waals surface area contributed by atoms with Crippen LogP contribution < -0.4 is 5.32 Å². The lowest BCUT2D eigenvalue weighted by molar-refractivity contribution is -0.125. The molecule has 0 heterocycles. The molecule has 1 aromatic rings. The smallest absolute Gasteiger partial charge is 0.223 e. The lowest BCUT2D eigenvalue weighted by atomic mass is 9.93. The van der Waals surface area contributed by atoms with Gasteiger partial charge in [0.2, 0.25) is 5.91 Å². The van der Waals surface area contributed by atoms with Crippen LogP contribution in [0.25, 0.3) is 0 Å². The number of amides is 1. The predicted molar refractivity (Wildman–Crippen MR) is 84.5 cm³/mol. The normalized spacial score (nSPS) is 26.5. The van der Waals surface area contributed by atoms with E-state index in [1.807, 2.05) is 0 Å². The number of fused-ring (bicyclic) bond motifs is 2. The molecular formula is C18H24N2O. The minimum absolute atomic E-state index is 0.202. The van der Waals surface area contributed by atoms with Crippen LogP contribution in [-0.4, -0.2) is 24.9 Å². The van der Waals surface area contributed by atoms with Crippen molar-refractivity contribution in [2.45, 2.75) is 25.9 Å². The van der Waals surface area contributed by atoms with Crippen LogP contribution in [-0.2, 0) is 17.9 Å². The molecule has 0 aliphatic heterocycles. The maximum Gasteiger partial charge on any atom is 0.223 e. The van der Waals surface area contributed by atoms with E-state index < -0.39 is 0 Å². The fourth-order valence-electron chi connectivity index (χ4n) is 3.53. The van der Waals surface area contributed by atoms with Gasteiger partial charge in [-0.3, -0.25) is 4.79 Å². The van der Waals surface area contributed by atoms with Gasteiger partial charge >= 0.3 is 0 Å². The Morgan fingerprint density at radius 1 is 1.14 bits per heavy atom. The second kappa shape index (κ2) is 6.02. The van der Waals surface area contributed by atoms with E-state index in [2.05, 4.69) is 60.7 Å². The van der Waals surface area contributed by atoms with Crippen molar-refractivity contribution in [1.29, 1.82) is 0 Å². The molecule has 3 nitrogen and oxygen atoms in total. The highest BCUT2D eigenvalue weighted by atomic mass is 16.1. The van der Waals surface area contributed by atoms with E-state index in [9.17, 15) is 4.79 Å². The first-order chi connectivity index (χ1) is 10.1. The molecule has 1 fully saturated rings. The third kappa shape index (κ3) is 3.35. The number of hydrogen-bond donors (Lipinski definition) is 1. The van der Waals surface area contributed by atoms with E-state index in [4.69, 9.17) is 0 Å². The summed E-state index contributed by atoms with van der Waals surface area (Å²) in [5.74, 6) is 1.56. The molecule has 1 N–H and O–H groups in total. The summed E-state index contributed by atoms with van der Waals surface area (Å²) in [6.07, 6.45) is 6.72. The Morgan fingerprint density at radius 3 is 2.43 bits per heavy atom. The Kier molecular flexibility index (Phi) is 4.11. The van der Waals surface area contributed by atoms with Crippen LogP contribution in [0.1, 0.15) is 24.0 Å². The van der Waals surface area contributed by atoms with Crippen molar-refractivity contribution in [2.75, 3.05) is 14.1 Å². The molecule has 2 aliphatic rings. The van der Waals surface area contributed by atoms with Gasteiger partial charge in [-0.1, -0.05) is 36.4 Å². The third-order valence-electron chi connectivity index (χ3n) is 4.60. The van der Waals surface area contributed by atoms with E-state index >= 15 is 0 Å². The molecule has 1 aromatic carbocycles. The number of benzene rings is 1. The zero-order valence-electron chi connectivity index (χ0n) is 12.9. The molecule has 0 radical (unpaired) electrons.